The van der Waals surface area contributed by atoms with Gasteiger partial charge in [-0.3, -0.25) is 4.90 Å². The van der Waals surface area contributed by atoms with Crippen molar-refractivity contribution in [1.29, 1.82) is 0 Å². The van der Waals surface area contributed by atoms with E-state index in [1.165, 1.54) is 31.0 Å². The SMILES string of the molecule is CCOCc1ccccc1-c1ccc2c(c1)C1(CCCC1)CN2C(=O)NCc1ccc(S(=O)(=O)NC)cc1. The van der Waals surface area contributed by atoms with Crippen LogP contribution in [0.1, 0.15) is 49.3 Å². The highest BCUT2D eigenvalue weighted by Crippen LogP contribution is 2.51. The lowest BCUT2D eigenvalue weighted by atomic mass is 9.79. The van der Waals surface area contributed by atoms with Gasteiger partial charge in [-0.15, -0.1) is 0 Å². The summed E-state index contributed by atoms with van der Waals surface area (Å²) in [4.78, 5) is 15.5. The highest BCUT2D eigenvalue weighted by Gasteiger charge is 2.46. The fourth-order valence-corrected chi connectivity index (χ4v) is 6.54. The standard InChI is InChI=1S/C30H35N3O4S/c1-3-37-20-24-8-4-5-9-26(24)23-12-15-28-27(18-23)30(16-6-7-17-30)21-33(28)29(34)32-19-22-10-13-25(14-11-22)38(35,36)31-2/h4-5,8-15,18,31H,3,6-7,16-17,19-21H2,1-2H3,(H,32,34). The Morgan fingerprint density at radius 1 is 1.03 bits per heavy atom. The number of anilines is 1. The normalized spacial score (nSPS) is 16.1. The summed E-state index contributed by atoms with van der Waals surface area (Å²) >= 11 is 0. The van der Waals surface area contributed by atoms with E-state index >= 15 is 0 Å². The summed E-state index contributed by atoms with van der Waals surface area (Å²) in [7, 11) is -2.10. The summed E-state index contributed by atoms with van der Waals surface area (Å²) < 4.78 is 32.0. The van der Waals surface area contributed by atoms with Crippen molar-refractivity contribution in [1.82, 2.24) is 10.0 Å². The first-order chi connectivity index (χ1) is 18.4. The molecule has 0 radical (unpaired) electrons. The molecule has 2 N–H and O–H groups in total. The van der Waals surface area contributed by atoms with Gasteiger partial charge >= 0.3 is 6.03 Å². The number of sulfonamides is 1. The second-order valence-electron chi connectivity index (χ2n) is 10.1. The highest BCUT2D eigenvalue weighted by molar-refractivity contribution is 7.89. The largest absolute Gasteiger partial charge is 0.377 e. The fourth-order valence-electron chi connectivity index (χ4n) is 5.81. The van der Waals surface area contributed by atoms with Gasteiger partial charge in [0.25, 0.3) is 0 Å². The van der Waals surface area contributed by atoms with Gasteiger partial charge in [0.2, 0.25) is 10.0 Å². The predicted octanol–water partition coefficient (Wildman–Crippen LogP) is 5.34. The Hall–Kier alpha value is -3.20. The summed E-state index contributed by atoms with van der Waals surface area (Å²) in [5.74, 6) is 0. The third-order valence-corrected chi connectivity index (χ3v) is 9.29. The van der Waals surface area contributed by atoms with Crippen LogP contribution >= 0.6 is 0 Å². The van der Waals surface area contributed by atoms with Crippen molar-refractivity contribution in [2.24, 2.45) is 0 Å². The van der Waals surface area contributed by atoms with Gasteiger partial charge < -0.3 is 10.1 Å². The van der Waals surface area contributed by atoms with E-state index in [0.29, 0.717) is 26.3 Å². The van der Waals surface area contributed by atoms with Crippen molar-refractivity contribution in [3.8, 4) is 11.1 Å². The van der Waals surface area contributed by atoms with Crippen LogP contribution in [-0.4, -0.2) is 34.6 Å². The van der Waals surface area contributed by atoms with Crippen LogP contribution in [0.15, 0.2) is 71.6 Å². The van der Waals surface area contributed by atoms with E-state index < -0.39 is 10.0 Å². The number of carbonyl (C=O) groups excluding carboxylic acids is 1. The van der Waals surface area contributed by atoms with Crippen LogP contribution in [0, 0.1) is 0 Å². The summed E-state index contributed by atoms with van der Waals surface area (Å²) in [6.07, 6.45) is 4.49. The van der Waals surface area contributed by atoms with E-state index in [4.69, 9.17) is 4.74 Å². The average molecular weight is 534 g/mol. The molecule has 1 heterocycles. The zero-order valence-electron chi connectivity index (χ0n) is 22.0. The van der Waals surface area contributed by atoms with Gasteiger partial charge in [0.15, 0.2) is 0 Å². The topological polar surface area (TPSA) is 87.7 Å². The highest BCUT2D eigenvalue weighted by atomic mass is 32.2. The molecule has 200 valence electrons. The van der Waals surface area contributed by atoms with Gasteiger partial charge in [0.05, 0.1) is 11.5 Å². The monoisotopic (exact) mass is 533 g/mol. The van der Waals surface area contributed by atoms with Crippen LogP contribution in [0.5, 0.6) is 0 Å². The molecule has 0 atom stereocenters. The molecule has 8 heteroatoms. The van der Waals surface area contributed by atoms with E-state index in [9.17, 15) is 13.2 Å². The third kappa shape index (κ3) is 5.08. The first kappa shape index (κ1) is 26.4. The number of amides is 2. The van der Waals surface area contributed by atoms with Gasteiger partial charge in [-0.2, -0.15) is 0 Å². The quantitative estimate of drug-likeness (QED) is 0.409. The minimum absolute atomic E-state index is 0.0132. The average Bonchev–Trinajstić information content (AvgIpc) is 3.56. The number of carbonyl (C=O) groups is 1. The molecule has 0 bridgehead atoms. The number of hydrogen-bond donors (Lipinski definition) is 2. The zero-order chi connectivity index (χ0) is 26.8. The summed E-state index contributed by atoms with van der Waals surface area (Å²) in [5.41, 5.74) is 6.55. The van der Waals surface area contributed by atoms with Crippen LogP contribution in [0.25, 0.3) is 11.1 Å². The molecule has 38 heavy (non-hydrogen) atoms. The van der Waals surface area contributed by atoms with Crippen LogP contribution in [-0.2, 0) is 33.3 Å². The maximum Gasteiger partial charge on any atom is 0.322 e. The van der Waals surface area contributed by atoms with E-state index in [2.05, 4.69) is 46.4 Å². The lowest BCUT2D eigenvalue weighted by Crippen LogP contribution is -2.41. The number of benzene rings is 3. The molecule has 0 saturated heterocycles. The summed E-state index contributed by atoms with van der Waals surface area (Å²) in [5, 5.41) is 3.04. The molecule has 3 aromatic carbocycles. The zero-order valence-corrected chi connectivity index (χ0v) is 22.8. The number of fused-ring (bicyclic) bond motifs is 2. The number of urea groups is 1. The first-order valence-corrected chi connectivity index (χ1v) is 14.7. The molecule has 1 saturated carbocycles. The number of ether oxygens (including phenoxy) is 1. The molecule has 1 aliphatic carbocycles. The van der Waals surface area contributed by atoms with Crippen molar-refractivity contribution in [3.05, 3.63) is 83.4 Å². The molecule has 1 spiro atoms. The van der Waals surface area contributed by atoms with Gasteiger partial charge in [-0.1, -0.05) is 55.3 Å². The minimum atomic E-state index is -3.49. The van der Waals surface area contributed by atoms with E-state index in [1.54, 1.807) is 24.3 Å². The van der Waals surface area contributed by atoms with Crippen molar-refractivity contribution in [2.45, 2.75) is 56.1 Å². The Bertz CT molecular complexity index is 1410. The number of nitrogens with one attached hydrogen (secondary N) is 2. The molecule has 0 aromatic heterocycles. The number of nitrogens with zero attached hydrogens (tertiary/aromatic N) is 1. The molecule has 2 amide bonds. The Balaban J connectivity index is 1.38. The number of rotatable bonds is 8. The van der Waals surface area contributed by atoms with Gasteiger partial charge in [-0.05, 0) is 78.9 Å². The van der Waals surface area contributed by atoms with Gasteiger partial charge in [0.1, 0.15) is 0 Å². The Labute approximate surface area is 225 Å². The molecule has 0 unspecified atom stereocenters. The van der Waals surface area contributed by atoms with Crippen LogP contribution < -0.4 is 14.9 Å². The maximum atomic E-state index is 13.4. The fraction of sp³-hybridized carbons (Fsp3) is 0.367. The Kier molecular flexibility index (Phi) is 7.56. The smallest absolute Gasteiger partial charge is 0.322 e. The van der Waals surface area contributed by atoms with Crippen molar-refractivity contribution in [2.75, 3.05) is 25.1 Å². The summed E-state index contributed by atoms with van der Waals surface area (Å²) in [6, 6.07) is 21.3. The maximum absolute atomic E-state index is 13.4. The lowest BCUT2D eigenvalue weighted by Gasteiger charge is -2.25. The Morgan fingerprint density at radius 2 is 1.76 bits per heavy atom. The van der Waals surface area contributed by atoms with Crippen LogP contribution in [0.4, 0.5) is 10.5 Å². The molecular formula is C30H35N3O4S. The molecule has 1 fully saturated rings. The van der Waals surface area contributed by atoms with Gasteiger partial charge in [0, 0.05) is 30.8 Å². The third-order valence-electron chi connectivity index (χ3n) is 7.86. The molecule has 5 rings (SSSR count). The lowest BCUT2D eigenvalue weighted by molar-refractivity contribution is 0.134. The van der Waals surface area contributed by atoms with E-state index in [1.807, 2.05) is 17.9 Å². The molecule has 2 aliphatic rings. The second kappa shape index (κ2) is 10.9. The van der Waals surface area contributed by atoms with Crippen molar-refractivity contribution >= 4 is 21.7 Å². The van der Waals surface area contributed by atoms with Crippen LogP contribution in [0.2, 0.25) is 0 Å². The molecule has 7 nitrogen and oxygen atoms in total. The first-order valence-electron chi connectivity index (χ1n) is 13.3. The van der Waals surface area contributed by atoms with E-state index in [-0.39, 0.29) is 16.3 Å². The van der Waals surface area contributed by atoms with Crippen molar-refractivity contribution < 1.29 is 17.9 Å². The summed E-state index contributed by atoms with van der Waals surface area (Å²) in [6.45, 7) is 4.25. The second-order valence-corrected chi connectivity index (χ2v) is 12.0. The van der Waals surface area contributed by atoms with Crippen molar-refractivity contribution in [3.63, 3.8) is 0 Å². The van der Waals surface area contributed by atoms with Crippen LogP contribution in [0.3, 0.4) is 0 Å². The number of hydrogen-bond acceptors (Lipinski definition) is 4. The minimum Gasteiger partial charge on any atom is -0.377 e. The van der Waals surface area contributed by atoms with Gasteiger partial charge in [-0.25, -0.2) is 17.9 Å². The Morgan fingerprint density at radius 3 is 2.47 bits per heavy atom. The molecule has 3 aromatic rings. The molecular weight excluding hydrogens is 498 g/mol. The van der Waals surface area contributed by atoms with E-state index in [0.717, 1.165) is 35.2 Å². The molecule has 1 aliphatic heterocycles. The predicted molar refractivity (Wildman–Crippen MR) is 150 cm³/mol.